The molecule has 0 heterocycles. The number of carboxylic acid groups (broad SMARTS) is 1. The van der Waals surface area contributed by atoms with Crippen LogP contribution >= 0.6 is 0 Å². The maximum atomic E-state index is 12.4. The topological polar surface area (TPSA) is 115 Å². The number of unbranched alkanes of at least 4 members (excludes halogenated alkanes) is 2. The lowest BCUT2D eigenvalue weighted by molar-refractivity contribution is -0.133. The molecule has 172 valence electrons. The smallest absolute Gasteiger partial charge is 0.334 e. The van der Waals surface area contributed by atoms with Gasteiger partial charge in [0, 0.05) is 18.8 Å². The molecule has 30 heavy (non-hydrogen) atoms. The third-order valence-electron chi connectivity index (χ3n) is 6.46. The third-order valence-corrected chi connectivity index (χ3v) is 6.46. The van der Waals surface area contributed by atoms with Crippen molar-refractivity contribution in [3.05, 3.63) is 24.0 Å². The van der Waals surface area contributed by atoms with Crippen molar-refractivity contribution >= 4 is 11.8 Å². The van der Waals surface area contributed by atoms with Crippen LogP contribution < -0.4 is 0 Å². The van der Waals surface area contributed by atoms with E-state index in [1.807, 2.05) is 0 Å². The molecule has 6 nitrogen and oxygen atoms in total. The summed E-state index contributed by atoms with van der Waals surface area (Å²) in [7, 11) is 0. The fourth-order valence-corrected chi connectivity index (χ4v) is 4.53. The number of aliphatic hydroxyl groups is 3. The molecule has 1 fully saturated rings. The van der Waals surface area contributed by atoms with Crippen molar-refractivity contribution in [1.29, 1.82) is 0 Å². The maximum absolute atomic E-state index is 12.4. The number of hydrogen-bond acceptors (Lipinski definition) is 5. The summed E-state index contributed by atoms with van der Waals surface area (Å²) in [5.74, 6) is -1.41. The zero-order valence-corrected chi connectivity index (χ0v) is 18.6. The maximum Gasteiger partial charge on any atom is 0.334 e. The summed E-state index contributed by atoms with van der Waals surface area (Å²) >= 11 is 0. The molecule has 0 radical (unpaired) electrons. The standard InChI is InChI=1S/C24H40O6/c1-4-7-14-24(30,6-3)15-10-12-19-18(21(26)16-22(19)27)11-8-9-13-20(25)17(5-2)23(28)29/h6,18-19,22,25,27,30H,3-5,7-16H2,1-2H3,(H,28,29)/t18-,19-,22-,24?/m1/s1. The molecule has 0 aromatic carbocycles. The lowest BCUT2D eigenvalue weighted by Crippen LogP contribution is -2.27. The number of carbonyl (C=O) groups excluding carboxylic acids is 1. The number of ketones is 1. The first kappa shape index (κ1) is 26.4. The van der Waals surface area contributed by atoms with Crippen LogP contribution in [-0.2, 0) is 9.59 Å². The van der Waals surface area contributed by atoms with E-state index in [1.165, 1.54) is 0 Å². The average molecular weight is 425 g/mol. The van der Waals surface area contributed by atoms with Crippen molar-refractivity contribution in [3.63, 3.8) is 0 Å². The molecule has 4 atom stereocenters. The van der Waals surface area contributed by atoms with E-state index in [9.17, 15) is 24.9 Å². The van der Waals surface area contributed by atoms with E-state index in [-0.39, 0.29) is 48.2 Å². The molecule has 1 saturated carbocycles. The highest BCUT2D eigenvalue weighted by atomic mass is 16.4. The number of aliphatic hydroxyl groups excluding tert-OH is 2. The minimum absolute atomic E-state index is 0.0398. The largest absolute Gasteiger partial charge is 0.512 e. The molecular formula is C24H40O6. The second-order valence-corrected chi connectivity index (χ2v) is 8.64. The van der Waals surface area contributed by atoms with Gasteiger partial charge >= 0.3 is 5.97 Å². The van der Waals surface area contributed by atoms with Crippen LogP contribution in [0.5, 0.6) is 0 Å². The molecule has 1 aliphatic carbocycles. The first-order valence-electron chi connectivity index (χ1n) is 11.4. The number of Topliss-reactive ketones (excluding diaryl/α,β-unsaturated/α-hetero) is 1. The van der Waals surface area contributed by atoms with E-state index in [1.54, 1.807) is 13.0 Å². The van der Waals surface area contributed by atoms with E-state index < -0.39 is 17.7 Å². The van der Waals surface area contributed by atoms with E-state index in [4.69, 9.17) is 5.11 Å². The van der Waals surface area contributed by atoms with Crippen LogP contribution in [0.15, 0.2) is 24.0 Å². The van der Waals surface area contributed by atoms with Crippen LogP contribution in [0.2, 0.25) is 0 Å². The van der Waals surface area contributed by atoms with Crippen LogP contribution in [0.4, 0.5) is 0 Å². The van der Waals surface area contributed by atoms with Gasteiger partial charge in [0.05, 0.1) is 17.3 Å². The number of carbonyl (C=O) groups is 2. The van der Waals surface area contributed by atoms with Gasteiger partial charge in [0.1, 0.15) is 11.5 Å². The van der Waals surface area contributed by atoms with Gasteiger partial charge in [0.15, 0.2) is 0 Å². The fraction of sp³-hybridized carbons (Fsp3) is 0.750. The van der Waals surface area contributed by atoms with Gasteiger partial charge in [-0.15, -0.1) is 6.58 Å². The Morgan fingerprint density at radius 3 is 2.37 bits per heavy atom. The first-order chi connectivity index (χ1) is 14.2. The molecule has 1 aliphatic rings. The van der Waals surface area contributed by atoms with Gasteiger partial charge in [-0.2, -0.15) is 0 Å². The minimum atomic E-state index is -1.09. The molecule has 0 amide bonds. The molecule has 6 heteroatoms. The number of allylic oxidation sites excluding steroid dienone is 1. The molecule has 4 N–H and O–H groups in total. The Hall–Kier alpha value is -1.66. The highest BCUT2D eigenvalue weighted by Gasteiger charge is 2.40. The summed E-state index contributed by atoms with van der Waals surface area (Å²) in [6.07, 6.45) is 8.22. The first-order valence-corrected chi connectivity index (χ1v) is 11.4. The summed E-state index contributed by atoms with van der Waals surface area (Å²) in [5, 5.41) is 40.0. The lowest BCUT2D eigenvalue weighted by atomic mass is 9.83. The van der Waals surface area contributed by atoms with Gasteiger partial charge in [0.2, 0.25) is 0 Å². The Balaban J connectivity index is 2.55. The fourth-order valence-electron chi connectivity index (χ4n) is 4.53. The monoisotopic (exact) mass is 424 g/mol. The van der Waals surface area contributed by atoms with E-state index >= 15 is 0 Å². The zero-order valence-electron chi connectivity index (χ0n) is 18.6. The van der Waals surface area contributed by atoms with Crippen LogP contribution in [0.1, 0.15) is 90.9 Å². The Morgan fingerprint density at radius 2 is 1.80 bits per heavy atom. The van der Waals surface area contributed by atoms with Gasteiger partial charge in [0.25, 0.3) is 0 Å². The predicted molar refractivity (Wildman–Crippen MR) is 117 cm³/mol. The molecular weight excluding hydrogens is 384 g/mol. The van der Waals surface area contributed by atoms with E-state index in [2.05, 4.69) is 13.5 Å². The van der Waals surface area contributed by atoms with Crippen molar-refractivity contribution in [2.75, 3.05) is 0 Å². The Morgan fingerprint density at radius 1 is 1.13 bits per heavy atom. The molecule has 0 aromatic heterocycles. The van der Waals surface area contributed by atoms with E-state index in [0.29, 0.717) is 38.5 Å². The SMILES string of the molecule is C=CC(O)(CCCC)CCC[C@H]1[C@H](O)CC(=O)[C@@H]1CCCCC(O)=C(CC)C(=O)O. The highest BCUT2D eigenvalue weighted by Crippen LogP contribution is 2.37. The van der Waals surface area contributed by atoms with Gasteiger partial charge < -0.3 is 20.4 Å². The summed E-state index contributed by atoms with van der Waals surface area (Å²) in [5.41, 5.74) is -0.845. The van der Waals surface area contributed by atoms with Crippen molar-refractivity contribution in [1.82, 2.24) is 0 Å². The van der Waals surface area contributed by atoms with Crippen LogP contribution in [-0.4, -0.2) is 43.9 Å². The quantitative estimate of drug-likeness (QED) is 0.131. The minimum Gasteiger partial charge on any atom is -0.512 e. The third kappa shape index (κ3) is 7.88. The molecule has 1 rings (SSSR count). The van der Waals surface area contributed by atoms with Gasteiger partial charge in [-0.3, -0.25) is 4.79 Å². The van der Waals surface area contributed by atoms with Crippen molar-refractivity contribution < 1.29 is 30.0 Å². The summed E-state index contributed by atoms with van der Waals surface area (Å²) in [6.45, 7) is 7.53. The van der Waals surface area contributed by atoms with Gasteiger partial charge in [-0.05, 0) is 50.9 Å². The summed E-state index contributed by atoms with van der Waals surface area (Å²) in [6, 6.07) is 0. The Kier molecular flexibility index (Phi) is 11.3. The molecule has 0 spiro atoms. The molecule has 0 bridgehead atoms. The molecule has 0 aromatic rings. The number of hydrogen-bond donors (Lipinski definition) is 4. The van der Waals surface area contributed by atoms with Crippen LogP contribution in [0.25, 0.3) is 0 Å². The van der Waals surface area contributed by atoms with Gasteiger partial charge in [-0.25, -0.2) is 4.79 Å². The van der Waals surface area contributed by atoms with E-state index in [0.717, 1.165) is 19.3 Å². The lowest BCUT2D eigenvalue weighted by Gasteiger charge is -2.26. The number of carboxylic acids is 1. The normalized spacial score (nSPS) is 24.4. The summed E-state index contributed by atoms with van der Waals surface area (Å²) < 4.78 is 0. The van der Waals surface area contributed by atoms with Crippen molar-refractivity contribution in [3.8, 4) is 0 Å². The Labute approximate surface area is 180 Å². The predicted octanol–water partition coefficient (Wildman–Crippen LogP) is 4.70. The van der Waals surface area contributed by atoms with Crippen LogP contribution in [0, 0.1) is 11.8 Å². The zero-order chi connectivity index (χ0) is 22.7. The van der Waals surface area contributed by atoms with Gasteiger partial charge in [-0.1, -0.05) is 39.2 Å². The molecule has 0 saturated heterocycles. The number of aliphatic carboxylic acids is 1. The van der Waals surface area contributed by atoms with Crippen molar-refractivity contribution in [2.45, 2.75) is 103 Å². The van der Waals surface area contributed by atoms with Crippen molar-refractivity contribution in [2.24, 2.45) is 11.8 Å². The number of rotatable bonds is 15. The highest BCUT2D eigenvalue weighted by molar-refractivity contribution is 5.87. The average Bonchev–Trinajstić information content (AvgIpc) is 2.96. The molecule has 0 aliphatic heterocycles. The molecule has 1 unspecified atom stereocenters. The summed E-state index contributed by atoms with van der Waals surface area (Å²) in [4.78, 5) is 23.4. The second-order valence-electron chi connectivity index (χ2n) is 8.64. The Bertz CT molecular complexity index is 611. The second kappa shape index (κ2) is 12.9. The van der Waals surface area contributed by atoms with Crippen LogP contribution in [0.3, 0.4) is 0 Å².